The van der Waals surface area contributed by atoms with Crippen molar-refractivity contribution in [1.82, 2.24) is 0 Å². The van der Waals surface area contributed by atoms with Gasteiger partial charge >= 0.3 is 0 Å². The number of aryl methyl sites for hydroxylation is 1. The topological polar surface area (TPSA) is 29.1 Å². The zero-order chi connectivity index (χ0) is 13.8. The van der Waals surface area contributed by atoms with Crippen molar-refractivity contribution in [2.75, 3.05) is 5.32 Å². The summed E-state index contributed by atoms with van der Waals surface area (Å²) >= 11 is 9.11. The second kappa shape index (κ2) is 6.22. The van der Waals surface area contributed by atoms with Crippen LogP contribution in [0.2, 0.25) is 0 Å². The molecule has 0 unspecified atom stereocenters. The van der Waals surface area contributed by atoms with Gasteiger partial charge in [-0.15, -0.1) is 11.6 Å². The molecule has 2 nitrogen and oxygen atoms in total. The number of alkyl halides is 1. The van der Waals surface area contributed by atoms with E-state index >= 15 is 0 Å². The van der Waals surface area contributed by atoms with Gasteiger partial charge in [-0.05, 0) is 52.7 Å². The Kier molecular flexibility index (Phi) is 4.61. The number of carbonyl (C=O) groups excluding carboxylic acids is 1. The first kappa shape index (κ1) is 14.1. The zero-order valence-corrected chi connectivity index (χ0v) is 12.8. The first-order valence-corrected chi connectivity index (χ1v) is 7.15. The Balaban J connectivity index is 2.18. The average molecular weight is 339 g/mol. The van der Waals surface area contributed by atoms with E-state index in [0.29, 0.717) is 11.4 Å². The summed E-state index contributed by atoms with van der Waals surface area (Å²) in [7, 11) is 0. The molecule has 0 aliphatic rings. The van der Waals surface area contributed by atoms with Crippen LogP contribution in [-0.4, -0.2) is 5.91 Å². The van der Waals surface area contributed by atoms with E-state index in [9.17, 15) is 4.79 Å². The van der Waals surface area contributed by atoms with E-state index in [0.717, 1.165) is 21.3 Å². The molecule has 1 amide bonds. The van der Waals surface area contributed by atoms with Crippen LogP contribution in [0.15, 0.2) is 46.9 Å². The van der Waals surface area contributed by atoms with Crippen LogP contribution in [-0.2, 0) is 5.88 Å². The largest absolute Gasteiger partial charge is 0.322 e. The van der Waals surface area contributed by atoms with E-state index in [2.05, 4.69) is 21.2 Å². The highest BCUT2D eigenvalue weighted by atomic mass is 79.9. The van der Waals surface area contributed by atoms with Crippen LogP contribution in [0.3, 0.4) is 0 Å². The van der Waals surface area contributed by atoms with E-state index in [1.807, 2.05) is 49.4 Å². The minimum atomic E-state index is -0.130. The fraction of sp³-hybridized carbons (Fsp3) is 0.133. The average Bonchev–Trinajstić information content (AvgIpc) is 2.42. The van der Waals surface area contributed by atoms with Crippen molar-refractivity contribution in [3.63, 3.8) is 0 Å². The molecule has 0 aromatic heterocycles. The number of carbonyl (C=O) groups is 1. The van der Waals surface area contributed by atoms with Crippen LogP contribution in [0.4, 0.5) is 5.69 Å². The molecule has 0 saturated heterocycles. The summed E-state index contributed by atoms with van der Waals surface area (Å²) in [6, 6.07) is 13.2. The van der Waals surface area contributed by atoms with Crippen LogP contribution in [0, 0.1) is 6.92 Å². The second-order valence-corrected chi connectivity index (χ2v) is 5.39. The predicted octanol–water partition coefficient (Wildman–Crippen LogP) is 4.75. The van der Waals surface area contributed by atoms with Crippen molar-refractivity contribution in [1.29, 1.82) is 0 Å². The molecule has 98 valence electrons. The van der Waals surface area contributed by atoms with Gasteiger partial charge in [-0.2, -0.15) is 0 Å². The van der Waals surface area contributed by atoms with Crippen LogP contribution in [0.25, 0.3) is 0 Å². The molecule has 2 rings (SSSR count). The monoisotopic (exact) mass is 337 g/mol. The molecule has 0 radical (unpaired) electrons. The number of hydrogen-bond donors (Lipinski definition) is 1. The normalized spacial score (nSPS) is 10.3. The molecule has 0 atom stereocenters. The molecular formula is C15H13BrClNO. The smallest absolute Gasteiger partial charge is 0.256 e. The molecule has 0 fully saturated rings. The molecule has 0 aliphatic carbocycles. The molecule has 0 saturated carbocycles. The Morgan fingerprint density at radius 3 is 2.53 bits per heavy atom. The maximum Gasteiger partial charge on any atom is 0.256 e. The molecule has 0 bridgehead atoms. The number of amides is 1. The minimum Gasteiger partial charge on any atom is -0.322 e. The third-order valence-electron chi connectivity index (χ3n) is 2.73. The van der Waals surface area contributed by atoms with Crippen LogP contribution in [0.1, 0.15) is 21.5 Å². The van der Waals surface area contributed by atoms with E-state index in [4.69, 9.17) is 11.6 Å². The highest BCUT2D eigenvalue weighted by Gasteiger charge is 2.10. The Labute approximate surface area is 125 Å². The molecule has 4 heteroatoms. The first-order valence-electron chi connectivity index (χ1n) is 5.82. The fourth-order valence-electron chi connectivity index (χ4n) is 1.69. The quantitative estimate of drug-likeness (QED) is 0.804. The highest BCUT2D eigenvalue weighted by molar-refractivity contribution is 9.10. The number of benzene rings is 2. The summed E-state index contributed by atoms with van der Waals surface area (Å²) in [5, 5.41) is 2.87. The Morgan fingerprint density at radius 2 is 1.89 bits per heavy atom. The number of halogens is 2. The summed E-state index contributed by atoms with van der Waals surface area (Å²) in [4.78, 5) is 12.2. The summed E-state index contributed by atoms with van der Waals surface area (Å²) in [6.45, 7) is 1.96. The lowest BCUT2D eigenvalue weighted by Crippen LogP contribution is -2.12. The SMILES string of the molecule is Cc1ccc(Br)c(C(=O)Nc2ccc(CCl)cc2)c1. The third kappa shape index (κ3) is 3.58. The van der Waals surface area contributed by atoms with Crippen molar-refractivity contribution in [2.24, 2.45) is 0 Å². The molecule has 19 heavy (non-hydrogen) atoms. The Bertz CT molecular complexity index is 596. The van der Waals surface area contributed by atoms with E-state index in [1.165, 1.54) is 0 Å². The summed E-state index contributed by atoms with van der Waals surface area (Å²) in [5.41, 5.74) is 3.45. The van der Waals surface area contributed by atoms with Crippen molar-refractivity contribution >= 4 is 39.1 Å². The lowest BCUT2D eigenvalue weighted by atomic mass is 10.1. The van der Waals surface area contributed by atoms with Gasteiger partial charge < -0.3 is 5.32 Å². The third-order valence-corrected chi connectivity index (χ3v) is 3.73. The number of nitrogens with one attached hydrogen (secondary N) is 1. The highest BCUT2D eigenvalue weighted by Crippen LogP contribution is 2.20. The van der Waals surface area contributed by atoms with E-state index in [-0.39, 0.29) is 5.91 Å². The Hall–Kier alpha value is -1.32. The lowest BCUT2D eigenvalue weighted by Gasteiger charge is -2.08. The summed E-state index contributed by atoms with van der Waals surface area (Å²) in [6.07, 6.45) is 0. The summed E-state index contributed by atoms with van der Waals surface area (Å²) < 4.78 is 0.785. The van der Waals surface area contributed by atoms with Gasteiger partial charge in [-0.1, -0.05) is 23.8 Å². The van der Waals surface area contributed by atoms with Gasteiger partial charge in [0.2, 0.25) is 0 Å². The van der Waals surface area contributed by atoms with Gasteiger partial charge in [-0.3, -0.25) is 4.79 Å². The van der Waals surface area contributed by atoms with Crippen LogP contribution >= 0.6 is 27.5 Å². The molecule has 0 aliphatic heterocycles. The summed E-state index contributed by atoms with van der Waals surface area (Å²) in [5.74, 6) is 0.340. The molecule has 2 aromatic carbocycles. The number of hydrogen-bond acceptors (Lipinski definition) is 1. The number of rotatable bonds is 3. The van der Waals surface area contributed by atoms with Crippen molar-refractivity contribution in [2.45, 2.75) is 12.8 Å². The number of anilines is 1. The van der Waals surface area contributed by atoms with Crippen molar-refractivity contribution < 1.29 is 4.79 Å². The van der Waals surface area contributed by atoms with Gasteiger partial charge in [0, 0.05) is 16.0 Å². The molecule has 2 aromatic rings. The molecular weight excluding hydrogens is 326 g/mol. The van der Waals surface area contributed by atoms with Crippen molar-refractivity contribution in [3.8, 4) is 0 Å². The fourth-order valence-corrected chi connectivity index (χ4v) is 2.29. The van der Waals surface area contributed by atoms with E-state index in [1.54, 1.807) is 0 Å². The molecule has 0 spiro atoms. The lowest BCUT2D eigenvalue weighted by molar-refractivity contribution is 0.102. The second-order valence-electron chi connectivity index (χ2n) is 4.27. The predicted molar refractivity (Wildman–Crippen MR) is 82.8 cm³/mol. The van der Waals surface area contributed by atoms with Gasteiger partial charge in [0.25, 0.3) is 5.91 Å². The van der Waals surface area contributed by atoms with Gasteiger partial charge in [0.05, 0.1) is 5.56 Å². The van der Waals surface area contributed by atoms with Gasteiger partial charge in [-0.25, -0.2) is 0 Å². The molecule has 1 N–H and O–H groups in total. The standard InChI is InChI=1S/C15H13BrClNO/c1-10-2-7-14(16)13(8-10)15(19)18-12-5-3-11(9-17)4-6-12/h2-8H,9H2,1H3,(H,18,19). The van der Waals surface area contributed by atoms with Gasteiger partial charge in [0.1, 0.15) is 0 Å². The van der Waals surface area contributed by atoms with Crippen LogP contribution in [0.5, 0.6) is 0 Å². The van der Waals surface area contributed by atoms with Crippen LogP contribution < -0.4 is 5.32 Å². The van der Waals surface area contributed by atoms with E-state index < -0.39 is 0 Å². The maximum atomic E-state index is 12.2. The first-order chi connectivity index (χ1) is 9.10. The minimum absolute atomic E-state index is 0.130. The molecule has 0 heterocycles. The van der Waals surface area contributed by atoms with Crippen molar-refractivity contribution in [3.05, 3.63) is 63.6 Å². The zero-order valence-electron chi connectivity index (χ0n) is 10.4. The van der Waals surface area contributed by atoms with Gasteiger partial charge in [0.15, 0.2) is 0 Å². The maximum absolute atomic E-state index is 12.2. The Morgan fingerprint density at radius 1 is 1.21 bits per heavy atom.